The van der Waals surface area contributed by atoms with Gasteiger partial charge in [0.25, 0.3) is 0 Å². The van der Waals surface area contributed by atoms with Crippen LogP contribution in [-0.2, 0) is 4.74 Å². The Balaban J connectivity index is 3.08. The largest absolute Gasteiger partial charge is 0.503 e. The summed E-state index contributed by atoms with van der Waals surface area (Å²) in [5, 5.41) is 0. The van der Waals surface area contributed by atoms with E-state index in [1.54, 1.807) is 6.08 Å². The normalized spacial score (nSPS) is 11.5. The molecule has 0 aromatic carbocycles. The molecule has 0 aliphatic heterocycles. The van der Waals surface area contributed by atoms with Crippen LogP contribution >= 0.6 is 0 Å². The van der Waals surface area contributed by atoms with Crippen LogP contribution in [-0.4, -0.2) is 20.1 Å². The lowest BCUT2D eigenvalue weighted by Crippen LogP contribution is -2.24. The van der Waals surface area contributed by atoms with Crippen molar-refractivity contribution in [2.75, 3.05) is 13.1 Å². The van der Waals surface area contributed by atoms with Gasteiger partial charge in [-0.3, -0.25) is 0 Å². The van der Waals surface area contributed by atoms with Crippen molar-refractivity contribution >= 4 is 6.98 Å². The van der Waals surface area contributed by atoms with Gasteiger partial charge < -0.3 is 17.7 Å². The quantitative estimate of drug-likeness (QED) is 0.335. The van der Waals surface area contributed by atoms with Crippen molar-refractivity contribution in [2.24, 2.45) is 0 Å². The standard InChI is InChI=1S/C6H11BF3O/c1-2-3-4-5-11-6-7(8,9)10/h2H,1,3-6H2/q-1. The molecule has 0 rings (SSSR count). The lowest BCUT2D eigenvalue weighted by Gasteiger charge is -2.13. The van der Waals surface area contributed by atoms with Crippen molar-refractivity contribution in [2.45, 2.75) is 12.8 Å². The van der Waals surface area contributed by atoms with Crippen LogP contribution in [0.3, 0.4) is 0 Å². The molecule has 0 spiro atoms. The van der Waals surface area contributed by atoms with Crippen LogP contribution in [0.4, 0.5) is 12.9 Å². The van der Waals surface area contributed by atoms with E-state index in [0.717, 1.165) is 0 Å². The maximum atomic E-state index is 11.5. The van der Waals surface area contributed by atoms with E-state index >= 15 is 0 Å². The Morgan fingerprint density at radius 3 is 2.45 bits per heavy atom. The molecule has 0 amide bonds. The molecular weight excluding hydrogens is 156 g/mol. The Bertz CT molecular complexity index is 113. The highest BCUT2D eigenvalue weighted by Gasteiger charge is 2.22. The van der Waals surface area contributed by atoms with Crippen molar-refractivity contribution in [3.05, 3.63) is 12.7 Å². The number of unbranched alkanes of at least 4 members (excludes halogenated alkanes) is 1. The highest BCUT2D eigenvalue weighted by molar-refractivity contribution is 6.58. The summed E-state index contributed by atoms with van der Waals surface area (Å²) in [6.45, 7) is -2.26. The Morgan fingerprint density at radius 1 is 1.36 bits per heavy atom. The van der Waals surface area contributed by atoms with Crippen LogP contribution in [0.2, 0.25) is 0 Å². The molecule has 0 aromatic rings. The molecule has 0 radical (unpaired) electrons. The third-order valence-corrected chi connectivity index (χ3v) is 1.00. The van der Waals surface area contributed by atoms with E-state index < -0.39 is 13.5 Å². The van der Waals surface area contributed by atoms with Crippen LogP contribution in [0, 0.1) is 0 Å². The van der Waals surface area contributed by atoms with Gasteiger partial charge in [0.15, 0.2) is 0 Å². The number of allylic oxidation sites excluding steroid dienone is 1. The van der Waals surface area contributed by atoms with E-state index in [-0.39, 0.29) is 6.61 Å². The van der Waals surface area contributed by atoms with E-state index in [2.05, 4.69) is 11.3 Å². The molecule has 0 saturated heterocycles. The zero-order valence-corrected chi connectivity index (χ0v) is 6.23. The average Bonchev–Trinajstić information content (AvgIpc) is 1.85. The summed E-state index contributed by atoms with van der Waals surface area (Å²) in [6.07, 6.45) is 2.96. The molecule has 0 atom stereocenters. The molecule has 1 nitrogen and oxygen atoms in total. The predicted molar refractivity (Wildman–Crippen MR) is 39.3 cm³/mol. The van der Waals surface area contributed by atoms with Crippen LogP contribution in [0.1, 0.15) is 12.8 Å². The van der Waals surface area contributed by atoms with Gasteiger partial charge in [-0.15, -0.1) is 6.58 Å². The van der Waals surface area contributed by atoms with Gasteiger partial charge in [0.2, 0.25) is 0 Å². The summed E-state index contributed by atoms with van der Waals surface area (Å²) in [5.41, 5.74) is 0. The first-order valence-corrected chi connectivity index (χ1v) is 3.46. The zero-order valence-electron chi connectivity index (χ0n) is 6.23. The molecule has 0 bridgehead atoms. The van der Waals surface area contributed by atoms with E-state index in [0.29, 0.717) is 12.8 Å². The number of rotatable bonds is 6. The second kappa shape index (κ2) is 5.24. The van der Waals surface area contributed by atoms with Crippen LogP contribution in [0.25, 0.3) is 0 Å². The SMILES string of the molecule is C=CCCCOC[B-](F)(F)F. The highest BCUT2D eigenvalue weighted by Crippen LogP contribution is 2.08. The summed E-state index contributed by atoms with van der Waals surface area (Å²) >= 11 is 0. The highest BCUT2D eigenvalue weighted by atomic mass is 19.4. The topological polar surface area (TPSA) is 9.23 Å². The average molecular weight is 167 g/mol. The number of halogens is 3. The van der Waals surface area contributed by atoms with Crippen molar-refractivity contribution in [3.8, 4) is 0 Å². The monoisotopic (exact) mass is 167 g/mol. The van der Waals surface area contributed by atoms with Crippen molar-refractivity contribution < 1.29 is 17.7 Å². The third-order valence-electron chi connectivity index (χ3n) is 1.00. The second-order valence-electron chi connectivity index (χ2n) is 2.22. The van der Waals surface area contributed by atoms with Gasteiger partial charge in [0.05, 0.1) is 0 Å². The van der Waals surface area contributed by atoms with Gasteiger partial charge in [0.1, 0.15) is 0 Å². The Labute approximate surface area is 64.3 Å². The number of hydrogen-bond donors (Lipinski definition) is 0. The molecule has 0 aliphatic carbocycles. The third kappa shape index (κ3) is 9.55. The van der Waals surface area contributed by atoms with Crippen LogP contribution in [0.15, 0.2) is 12.7 Å². The van der Waals surface area contributed by atoms with Gasteiger partial charge in [-0.2, -0.15) is 0 Å². The molecular formula is C6H11BF3O-. The first kappa shape index (κ1) is 10.6. The van der Waals surface area contributed by atoms with Crippen LogP contribution in [0.5, 0.6) is 0 Å². The molecule has 0 saturated carbocycles. The van der Waals surface area contributed by atoms with Gasteiger partial charge in [-0.1, -0.05) is 6.08 Å². The Hall–Kier alpha value is -0.445. The fourth-order valence-corrected chi connectivity index (χ4v) is 0.547. The van der Waals surface area contributed by atoms with Gasteiger partial charge in [0, 0.05) is 13.1 Å². The van der Waals surface area contributed by atoms with E-state index in [4.69, 9.17) is 0 Å². The lowest BCUT2D eigenvalue weighted by atomic mass is 9.95. The maximum Gasteiger partial charge on any atom is 0.503 e. The van der Waals surface area contributed by atoms with Gasteiger partial charge in [-0.25, -0.2) is 0 Å². The molecule has 0 heterocycles. The molecule has 5 heteroatoms. The Morgan fingerprint density at radius 2 is 2.00 bits per heavy atom. The van der Waals surface area contributed by atoms with E-state index in [9.17, 15) is 12.9 Å². The van der Waals surface area contributed by atoms with E-state index in [1.807, 2.05) is 0 Å². The molecule has 0 N–H and O–H groups in total. The minimum absolute atomic E-state index is 0.160. The van der Waals surface area contributed by atoms with E-state index in [1.165, 1.54) is 0 Å². The van der Waals surface area contributed by atoms with Gasteiger partial charge in [-0.05, 0) is 12.8 Å². The lowest BCUT2D eigenvalue weighted by molar-refractivity contribution is 0.148. The summed E-state index contributed by atoms with van der Waals surface area (Å²) in [5.74, 6) is 0. The smallest absolute Gasteiger partial charge is 0.447 e. The minimum Gasteiger partial charge on any atom is -0.447 e. The molecule has 0 aromatic heterocycles. The summed E-state index contributed by atoms with van der Waals surface area (Å²) in [4.78, 5) is 0. The second-order valence-corrected chi connectivity index (χ2v) is 2.22. The molecule has 66 valence electrons. The van der Waals surface area contributed by atoms with Crippen molar-refractivity contribution in [3.63, 3.8) is 0 Å². The molecule has 0 aliphatic rings. The van der Waals surface area contributed by atoms with Crippen molar-refractivity contribution in [1.29, 1.82) is 0 Å². The fourth-order valence-electron chi connectivity index (χ4n) is 0.547. The van der Waals surface area contributed by atoms with Gasteiger partial charge >= 0.3 is 6.98 Å². The molecule has 11 heavy (non-hydrogen) atoms. The summed E-state index contributed by atoms with van der Waals surface area (Å²) < 4.78 is 38.8. The molecule has 0 fully saturated rings. The molecule has 0 unspecified atom stereocenters. The maximum absolute atomic E-state index is 11.5. The number of ether oxygens (including phenoxy) is 1. The van der Waals surface area contributed by atoms with Crippen molar-refractivity contribution in [1.82, 2.24) is 0 Å². The predicted octanol–water partition coefficient (Wildman–Crippen LogP) is 2.36. The van der Waals surface area contributed by atoms with Crippen LogP contribution < -0.4 is 0 Å². The zero-order chi connectivity index (χ0) is 8.74. The summed E-state index contributed by atoms with van der Waals surface area (Å²) in [6, 6.07) is 0. The first-order chi connectivity index (χ1) is 5.06. The number of hydrogen-bond acceptors (Lipinski definition) is 1. The fraction of sp³-hybridized carbons (Fsp3) is 0.667. The Kier molecular flexibility index (Phi) is 5.03. The first-order valence-electron chi connectivity index (χ1n) is 3.46. The summed E-state index contributed by atoms with van der Waals surface area (Å²) in [7, 11) is 0. The minimum atomic E-state index is -4.77.